The molecule has 78 valence electrons. The van der Waals surface area contributed by atoms with Gasteiger partial charge in [0.2, 0.25) is 0 Å². The second-order valence-electron chi connectivity index (χ2n) is 4.21. The van der Waals surface area contributed by atoms with Crippen LogP contribution in [0.4, 0.5) is 0 Å². The van der Waals surface area contributed by atoms with E-state index in [1.165, 1.54) is 0 Å². The van der Waals surface area contributed by atoms with Crippen molar-refractivity contribution < 1.29 is 9.90 Å². The average molecular weight is 243 g/mol. The van der Waals surface area contributed by atoms with Crippen LogP contribution in [0.1, 0.15) is 17.0 Å². The molecule has 0 spiro atoms. The highest BCUT2D eigenvalue weighted by Gasteiger charge is 2.60. The van der Waals surface area contributed by atoms with Gasteiger partial charge in [-0.25, -0.2) is 0 Å². The van der Waals surface area contributed by atoms with Crippen LogP contribution in [0.2, 0.25) is 10.0 Å². The molecule has 2 nitrogen and oxygen atoms in total. The Kier molecular flexibility index (Phi) is 1.83. The van der Waals surface area contributed by atoms with Gasteiger partial charge >= 0.3 is 5.97 Å². The molecule has 3 rings (SSSR count). The zero-order valence-corrected chi connectivity index (χ0v) is 9.22. The number of benzene rings is 1. The van der Waals surface area contributed by atoms with Gasteiger partial charge in [-0.05, 0) is 35.6 Å². The summed E-state index contributed by atoms with van der Waals surface area (Å²) in [6.45, 7) is 0. The van der Waals surface area contributed by atoms with Crippen LogP contribution in [-0.4, -0.2) is 11.1 Å². The molecule has 0 aliphatic heterocycles. The summed E-state index contributed by atoms with van der Waals surface area (Å²) in [5.74, 6) is -0.527. The first-order valence-electron chi connectivity index (χ1n) is 4.80. The number of carboxylic acid groups (broad SMARTS) is 1. The van der Waals surface area contributed by atoms with Crippen molar-refractivity contribution in [1.82, 2.24) is 0 Å². The molecular formula is C11H8Cl2O2. The van der Waals surface area contributed by atoms with Gasteiger partial charge in [0.05, 0.1) is 5.92 Å². The lowest BCUT2D eigenvalue weighted by Crippen LogP contribution is -2.05. The van der Waals surface area contributed by atoms with Crippen LogP contribution >= 0.6 is 23.2 Å². The second kappa shape index (κ2) is 2.89. The van der Waals surface area contributed by atoms with Crippen LogP contribution in [0, 0.1) is 11.8 Å². The van der Waals surface area contributed by atoms with Crippen LogP contribution in [0.15, 0.2) is 12.1 Å². The lowest BCUT2D eigenvalue weighted by molar-refractivity contribution is -0.139. The quantitative estimate of drug-likeness (QED) is 0.823. The van der Waals surface area contributed by atoms with E-state index < -0.39 is 5.97 Å². The highest BCUT2D eigenvalue weighted by Crippen LogP contribution is 2.62. The fraction of sp³-hybridized carbons (Fsp3) is 0.364. The van der Waals surface area contributed by atoms with E-state index in [2.05, 4.69) is 0 Å². The summed E-state index contributed by atoms with van der Waals surface area (Å²) in [6.07, 6.45) is 0.785. The van der Waals surface area contributed by atoms with E-state index in [1.807, 2.05) is 6.07 Å². The first-order chi connectivity index (χ1) is 7.09. The first-order valence-corrected chi connectivity index (χ1v) is 5.56. The van der Waals surface area contributed by atoms with Crippen molar-refractivity contribution in [2.24, 2.45) is 11.8 Å². The molecule has 3 atom stereocenters. The summed E-state index contributed by atoms with van der Waals surface area (Å²) >= 11 is 12.0. The summed E-state index contributed by atoms with van der Waals surface area (Å²) in [5.41, 5.74) is 2.14. The minimum atomic E-state index is -0.702. The number of halogens is 2. The third-order valence-electron chi connectivity index (χ3n) is 3.45. The molecular weight excluding hydrogens is 235 g/mol. The number of fused-ring (bicyclic) bond motifs is 3. The van der Waals surface area contributed by atoms with Gasteiger partial charge in [0.15, 0.2) is 0 Å². The maximum absolute atomic E-state index is 10.9. The van der Waals surface area contributed by atoms with Crippen molar-refractivity contribution in [3.63, 3.8) is 0 Å². The molecule has 1 saturated carbocycles. The Bertz CT molecular complexity index is 470. The zero-order valence-electron chi connectivity index (χ0n) is 7.71. The van der Waals surface area contributed by atoms with Gasteiger partial charge < -0.3 is 5.11 Å². The van der Waals surface area contributed by atoms with E-state index in [1.54, 1.807) is 6.07 Å². The normalized spacial score (nSPS) is 30.9. The highest BCUT2D eigenvalue weighted by atomic mass is 35.5. The zero-order chi connectivity index (χ0) is 10.7. The van der Waals surface area contributed by atoms with Crippen molar-refractivity contribution in [3.05, 3.63) is 33.3 Å². The highest BCUT2D eigenvalue weighted by molar-refractivity contribution is 6.35. The third kappa shape index (κ3) is 1.21. The molecule has 1 fully saturated rings. The van der Waals surface area contributed by atoms with Gasteiger partial charge in [-0.15, -0.1) is 0 Å². The summed E-state index contributed by atoms with van der Waals surface area (Å²) in [4.78, 5) is 10.9. The topological polar surface area (TPSA) is 37.3 Å². The molecule has 0 saturated heterocycles. The van der Waals surface area contributed by atoms with Crippen LogP contribution in [0.3, 0.4) is 0 Å². The molecule has 0 unspecified atom stereocenters. The molecule has 0 heterocycles. The monoisotopic (exact) mass is 242 g/mol. The SMILES string of the molecule is O=C(O)[C@@H]1[C@@H]2Cc3c(Cl)cc(Cl)cc3[C@@H]21. The number of hydrogen-bond acceptors (Lipinski definition) is 1. The van der Waals surface area contributed by atoms with Crippen LogP contribution in [0.25, 0.3) is 0 Å². The van der Waals surface area contributed by atoms with E-state index in [4.69, 9.17) is 28.3 Å². The van der Waals surface area contributed by atoms with Gasteiger partial charge in [0.25, 0.3) is 0 Å². The Labute approximate surface area is 96.8 Å². The molecule has 15 heavy (non-hydrogen) atoms. The molecule has 1 aromatic rings. The molecule has 1 N–H and O–H groups in total. The van der Waals surface area contributed by atoms with E-state index in [-0.39, 0.29) is 17.8 Å². The summed E-state index contributed by atoms with van der Waals surface area (Å²) in [5, 5.41) is 10.2. The molecule has 2 aliphatic carbocycles. The van der Waals surface area contributed by atoms with E-state index >= 15 is 0 Å². The lowest BCUT2D eigenvalue weighted by atomic mass is 10.0. The van der Waals surface area contributed by atoms with E-state index in [9.17, 15) is 4.79 Å². The smallest absolute Gasteiger partial charge is 0.307 e. The van der Waals surface area contributed by atoms with Gasteiger partial charge in [0, 0.05) is 16.0 Å². The van der Waals surface area contributed by atoms with Crippen molar-refractivity contribution in [2.45, 2.75) is 12.3 Å². The molecule has 0 aromatic heterocycles. The maximum Gasteiger partial charge on any atom is 0.307 e. The van der Waals surface area contributed by atoms with Gasteiger partial charge in [-0.3, -0.25) is 4.79 Å². The molecule has 0 bridgehead atoms. The maximum atomic E-state index is 10.9. The Balaban J connectivity index is 2.05. The van der Waals surface area contributed by atoms with Crippen LogP contribution in [-0.2, 0) is 11.2 Å². The molecule has 0 amide bonds. The number of carboxylic acids is 1. The predicted molar refractivity (Wildman–Crippen MR) is 57.5 cm³/mol. The van der Waals surface area contributed by atoms with Crippen LogP contribution in [0.5, 0.6) is 0 Å². The summed E-state index contributed by atoms with van der Waals surface area (Å²) in [6, 6.07) is 3.58. The fourth-order valence-electron chi connectivity index (χ4n) is 2.76. The minimum Gasteiger partial charge on any atom is -0.481 e. The summed E-state index contributed by atoms with van der Waals surface area (Å²) < 4.78 is 0. The van der Waals surface area contributed by atoms with Crippen molar-refractivity contribution in [3.8, 4) is 0 Å². The Hall–Kier alpha value is -0.730. The molecule has 1 aromatic carbocycles. The molecule has 0 radical (unpaired) electrons. The first kappa shape index (κ1) is 9.49. The Morgan fingerprint density at radius 2 is 2.13 bits per heavy atom. The van der Waals surface area contributed by atoms with Crippen molar-refractivity contribution >= 4 is 29.2 Å². The standard InChI is InChI=1S/C11H8Cl2O2/c12-4-1-6-5(8(13)2-4)3-7-9(6)10(7)11(14)15/h1-2,7,9-10H,3H2,(H,14,15)/t7-,9+,10-/m1/s1. The van der Waals surface area contributed by atoms with Gasteiger partial charge in [-0.1, -0.05) is 23.2 Å². The molecule has 4 heteroatoms. The summed E-state index contributed by atoms with van der Waals surface area (Å²) in [7, 11) is 0. The number of rotatable bonds is 1. The third-order valence-corrected chi connectivity index (χ3v) is 4.00. The number of carbonyl (C=O) groups is 1. The van der Waals surface area contributed by atoms with Crippen LogP contribution < -0.4 is 0 Å². The van der Waals surface area contributed by atoms with Gasteiger partial charge in [0.1, 0.15) is 0 Å². The lowest BCUT2D eigenvalue weighted by Gasteiger charge is -2.07. The van der Waals surface area contributed by atoms with Crippen molar-refractivity contribution in [1.29, 1.82) is 0 Å². The number of aliphatic carboxylic acids is 1. The average Bonchev–Trinajstić information content (AvgIpc) is 2.74. The largest absolute Gasteiger partial charge is 0.481 e. The fourth-order valence-corrected chi connectivity index (χ4v) is 3.35. The Morgan fingerprint density at radius 1 is 1.40 bits per heavy atom. The molecule has 2 aliphatic rings. The second-order valence-corrected chi connectivity index (χ2v) is 5.06. The van der Waals surface area contributed by atoms with E-state index in [0.717, 1.165) is 17.5 Å². The minimum absolute atomic E-state index is 0.147. The van der Waals surface area contributed by atoms with Crippen molar-refractivity contribution in [2.75, 3.05) is 0 Å². The van der Waals surface area contributed by atoms with E-state index in [0.29, 0.717) is 10.0 Å². The number of hydrogen-bond donors (Lipinski definition) is 1. The van der Waals surface area contributed by atoms with Gasteiger partial charge in [-0.2, -0.15) is 0 Å². The Morgan fingerprint density at radius 3 is 2.80 bits per heavy atom. The predicted octanol–water partition coefficient (Wildman–Crippen LogP) is 2.96.